The van der Waals surface area contributed by atoms with E-state index < -0.39 is 0 Å². The van der Waals surface area contributed by atoms with Crippen LogP contribution in [0.5, 0.6) is 11.5 Å². The van der Waals surface area contributed by atoms with Crippen LogP contribution in [0, 0.1) is 0 Å². The summed E-state index contributed by atoms with van der Waals surface area (Å²) in [6.45, 7) is 5.51. The summed E-state index contributed by atoms with van der Waals surface area (Å²) >= 11 is 0. The molecule has 0 aromatic heterocycles. The molecular weight excluding hydrogens is 262 g/mol. The van der Waals surface area contributed by atoms with Gasteiger partial charge in [0.2, 0.25) is 0 Å². The minimum atomic E-state index is 0.256. The average molecular weight is 283 g/mol. The highest BCUT2D eigenvalue weighted by Gasteiger charge is 2.21. The second-order valence-electron chi connectivity index (χ2n) is 5.35. The fraction of sp³-hybridized carbons (Fsp3) is 0.333. The third-order valence-electron chi connectivity index (χ3n) is 3.64. The van der Waals surface area contributed by atoms with E-state index in [0.29, 0.717) is 6.61 Å². The molecule has 1 atom stereocenters. The number of ether oxygens (including phenoxy) is 2. The molecule has 1 unspecified atom stereocenters. The molecule has 1 aliphatic heterocycles. The number of hydrogen-bond donors (Lipinski definition) is 1. The van der Waals surface area contributed by atoms with Gasteiger partial charge >= 0.3 is 0 Å². The van der Waals surface area contributed by atoms with Crippen molar-refractivity contribution >= 4 is 5.69 Å². The average Bonchev–Trinajstić information content (AvgIpc) is 2.85. The molecule has 0 radical (unpaired) electrons. The van der Waals surface area contributed by atoms with E-state index >= 15 is 0 Å². The van der Waals surface area contributed by atoms with E-state index in [1.165, 1.54) is 5.56 Å². The summed E-state index contributed by atoms with van der Waals surface area (Å²) in [5, 5.41) is 3.43. The summed E-state index contributed by atoms with van der Waals surface area (Å²) in [7, 11) is 0. The van der Waals surface area contributed by atoms with Crippen molar-refractivity contribution < 1.29 is 9.47 Å². The zero-order chi connectivity index (χ0) is 14.7. The molecule has 2 aromatic carbocycles. The molecule has 0 bridgehead atoms. The molecule has 21 heavy (non-hydrogen) atoms. The number of nitrogens with one attached hydrogen (secondary N) is 1. The van der Waals surface area contributed by atoms with Gasteiger partial charge in [0, 0.05) is 29.8 Å². The number of hydrogen-bond acceptors (Lipinski definition) is 3. The Balaban J connectivity index is 1.81. The zero-order valence-corrected chi connectivity index (χ0v) is 12.6. The van der Waals surface area contributed by atoms with Gasteiger partial charge < -0.3 is 14.8 Å². The first-order chi connectivity index (χ1) is 10.3. The van der Waals surface area contributed by atoms with Gasteiger partial charge in [-0.15, -0.1) is 0 Å². The second-order valence-corrected chi connectivity index (χ2v) is 5.35. The molecule has 1 heterocycles. The van der Waals surface area contributed by atoms with E-state index in [1.807, 2.05) is 25.1 Å². The fourth-order valence-corrected chi connectivity index (χ4v) is 2.66. The number of anilines is 1. The van der Waals surface area contributed by atoms with Gasteiger partial charge in [-0.25, -0.2) is 0 Å². The van der Waals surface area contributed by atoms with Crippen LogP contribution in [0.3, 0.4) is 0 Å². The van der Waals surface area contributed by atoms with Gasteiger partial charge in [0.25, 0.3) is 0 Å². The summed E-state index contributed by atoms with van der Waals surface area (Å²) in [4.78, 5) is 0. The zero-order valence-electron chi connectivity index (χ0n) is 12.6. The first kappa shape index (κ1) is 13.8. The van der Waals surface area contributed by atoms with Crippen molar-refractivity contribution in [3.63, 3.8) is 0 Å². The summed E-state index contributed by atoms with van der Waals surface area (Å²) in [5.41, 5.74) is 3.48. The summed E-state index contributed by atoms with van der Waals surface area (Å²) in [5.74, 6) is 1.95. The van der Waals surface area contributed by atoms with Gasteiger partial charge in [-0.2, -0.15) is 0 Å². The first-order valence-corrected chi connectivity index (χ1v) is 7.50. The quantitative estimate of drug-likeness (QED) is 0.899. The normalized spacial score (nSPS) is 16.2. The smallest absolute Gasteiger partial charge is 0.124 e. The van der Waals surface area contributed by atoms with Crippen molar-refractivity contribution in [1.29, 1.82) is 0 Å². The van der Waals surface area contributed by atoms with Crippen LogP contribution in [-0.2, 0) is 13.0 Å². The highest BCUT2D eigenvalue weighted by atomic mass is 16.5. The van der Waals surface area contributed by atoms with Crippen LogP contribution < -0.4 is 14.8 Å². The lowest BCUT2D eigenvalue weighted by Gasteiger charge is -2.14. The van der Waals surface area contributed by atoms with Crippen LogP contribution in [0.1, 0.15) is 25.0 Å². The van der Waals surface area contributed by atoms with Crippen molar-refractivity contribution in [2.24, 2.45) is 0 Å². The largest absolute Gasteiger partial charge is 0.494 e. The summed E-state index contributed by atoms with van der Waals surface area (Å²) in [6.07, 6.45) is 1.22. The molecule has 3 heteroatoms. The first-order valence-electron chi connectivity index (χ1n) is 7.50. The molecule has 0 saturated heterocycles. The third-order valence-corrected chi connectivity index (χ3v) is 3.64. The minimum absolute atomic E-state index is 0.256. The molecule has 1 aliphatic rings. The number of para-hydroxylation sites is 1. The Morgan fingerprint density at radius 2 is 2.05 bits per heavy atom. The summed E-state index contributed by atoms with van der Waals surface area (Å²) < 4.78 is 11.6. The van der Waals surface area contributed by atoms with Crippen LogP contribution in [-0.4, -0.2) is 12.7 Å². The SMILES string of the molecule is CCOc1cc2c(cc1CNc1ccccc1)OC(C)C2. The van der Waals surface area contributed by atoms with Gasteiger partial charge in [-0.3, -0.25) is 0 Å². The molecule has 1 N–H and O–H groups in total. The Morgan fingerprint density at radius 3 is 2.81 bits per heavy atom. The topological polar surface area (TPSA) is 30.5 Å². The Kier molecular flexibility index (Phi) is 4.00. The molecular formula is C18H21NO2. The maximum atomic E-state index is 5.85. The van der Waals surface area contributed by atoms with Crippen LogP contribution >= 0.6 is 0 Å². The number of fused-ring (bicyclic) bond motifs is 1. The van der Waals surface area contributed by atoms with Gasteiger partial charge in [0.15, 0.2) is 0 Å². The van der Waals surface area contributed by atoms with Gasteiger partial charge in [-0.05, 0) is 38.1 Å². The Morgan fingerprint density at radius 1 is 1.24 bits per heavy atom. The van der Waals surface area contributed by atoms with Crippen LogP contribution in [0.25, 0.3) is 0 Å². The van der Waals surface area contributed by atoms with Gasteiger partial charge in [-0.1, -0.05) is 18.2 Å². The van der Waals surface area contributed by atoms with Crippen molar-refractivity contribution in [1.82, 2.24) is 0 Å². The predicted octanol–water partition coefficient (Wildman–Crippen LogP) is 4.02. The van der Waals surface area contributed by atoms with Crippen LogP contribution in [0.15, 0.2) is 42.5 Å². The Labute approximate surface area is 125 Å². The van der Waals surface area contributed by atoms with Crippen molar-refractivity contribution in [2.75, 3.05) is 11.9 Å². The minimum Gasteiger partial charge on any atom is -0.494 e. The van der Waals surface area contributed by atoms with Gasteiger partial charge in [0.1, 0.15) is 17.6 Å². The van der Waals surface area contributed by atoms with E-state index in [-0.39, 0.29) is 6.10 Å². The number of benzene rings is 2. The van der Waals surface area contributed by atoms with Crippen molar-refractivity contribution in [3.8, 4) is 11.5 Å². The Bertz CT molecular complexity index is 610. The lowest BCUT2D eigenvalue weighted by Crippen LogP contribution is -2.05. The van der Waals surface area contributed by atoms with E-state index in [2.05, 4.69) is 36.5 Å². The van der Waals surface area contributed by atoms with Crippen LogP contribution in [0.4, 0.5) is 5.69 Å². The monoisotopic (exact) mass is 283 g/mol. The maximum absolute atomic E-state index is 5.85. The maximum Gasteiger partial charge on any atom is 0.124 e. The van der Waals surface area contributed by atoms with E-state index in [9.17, 15) is 0 Å². The third kappa shape index (κ3) is 3.13. The fourth-order valence-electron chi connectivity index (χ4n) is 2.66. The van der Waals surface area contributed by atoms with Crippen molar-refractivity contribution in [2.45, 2.75) is 32.9 Å². The molecule has 0 aliphatic carbocycles. The molecule has 110 valence electrons. The lowest BCUT2D eigenvalue weighted by atomic mass is 10.1. The lowest BCUT2D eigenvalue weighted by molar-refractivity contribution is 0.254. The molecule has 0 amide bonds. The molecule has 0 fully saturated rings. The molecule has 3 nitrogen and oxygen atoms in total. The molecule has 0 saturated carbocycles. The van der Waals surface area contributed by atoms with E-state index in [4.69, 9.17) is 9.47 Å². The van der Waals surface area contributed by atoms with Crippen LogP contribution in [0.2, 0.25) is 0 Å². The molecule has 3 rings (SSSR count). The molecule has 2 aromatic rings. The Hall–Kier alpha value is -2.16. The second kappa shape index (κ2) is 6.08. The van der Waals surface area contributed by atoms with Gasteiger partial charge in [0.05, 0.1) is 6.61 Å². The standard InChI is InChI=1S/C18H21NO2/c1-3-20-17-10-14-9-13(2)21-18(14)11-15(17)12-19-16-7-5-4-6-8-16/h4-8,10-11,13,19H,3,9,12H2,1-2H3. The summed E-state index contributed by atoms with van der Waals surface area (Å²) in [6, 6.07) is 14.4. The molecule has 0 spiro atoms. The van der Waals surface area contributed by atoms with E-state index in [1.54, 1.807) is 0 Å². The van der Waals surface area contributed by atoms with Crippen molar-refractivity contribution in [3.05, 3.63) is 53.6 Å². The highest BCUT2D eigenvalue weighted by molar-refractivity contribution is 5.51. The number of rotatable bonds is 5. The highest BCUT2D eigenvalue weighted by Crippen LogP contribution is 2.35. The van der Waals surface area contributed by atoms with E-state index in [0.717, 1.165) is 35.7 Å². The predicted molar refractivity (Wildman–Crippen MR) is 85.2 cm³/mol.